The lowest BCUT2D eigenvalue weighted by Gasteiger charge is -2.46. The van der Waals surface area contributed by atoms with Crippen LogP contribution in [0, 0.1) is 0 Å². The Balaban J connectivity index is 1.59. The van der Waals surface area contributed by atoms with E-state index in [0.717, 1.165) is 51.4 Å². The summed E-state index contributed by atoms with van der Waals surface area (Å²) in [5, 5.41) is 87.9. The Labute approximate surface area is 584 Å². The van der Waals surface area contributed by atoms with Crippen LogP contribution in [-0.4, -0.2) is 140 Å². The Morgan fingerprint density at radius 3 is 1.00 bits per heavy atom. The van der Waals surface area contributed by atoms with Crippen molar-refractivity contribution in [1.82, 2.24) is 5.32 Å². The fourth-order valence-corrected chi connectivity index (χ4v) is 14.2. The molecule has 0 bridgehead atoms. The van der Waals surface area contributed by atoms with E-state index < -0.39 is 86.8 Å². The third-order valence-electron chi connectivity index (χ3n) is 20.7. The van der Waals surface area contributed by atoms with Gasteiger partial charge in [0.25, 0.3) is 0 Å². The van der Waals surface area contributed by atoms with Gasteiger partial charge in [-0.15, -0.1) is 0 Å². The number of ether oxygens (including phenoxy) is 4. The lowest BCUT2D eigenvalue weighted by molar-refractivity contribution is -0.359. The number of aliphatic hydroxyl groups excluding tert-OH is 8. The van der Waals surface area contributed by atoms with Crippen LogP contribution in [0.1, 0.15) is 406 Å². The van der Waals surface area contributed by atoms with Gasteiger partial charge in [-0.05, 0) is 38.5 Å². The average molecular weight is 1350 g/mol. The summed E-state index contributed by atoms with van der Waals surface area (Å²) in [5.41, 5.74) is 0. The number of aliphatic hydroxyl groups is 8. The zero-order valence-electron chi connectivity index (χ0n) is 62.0. The molecule has 12 unspecified atom stereocenters. The summed E-state index contributed by atoms with van der Waals surface area (Å²) in [6.07, 6.45) is 66.9. The molecule has 0 radical (unpaired) electrons. The molecule has 0 aromatic heterocycles. The fraction of sp³-hybridized carbons (Fsp3) is 0.963. The molecule has 0 saturated carbocycles. The second-order valence-electron chi connectivity index (χ2n) is 29.6. The van der Waals surface area contributed by atoms with Gasteiger partial charge in [-0.3, -0.25) is 4.79 Å². The second kappa shape index (κ2) is 66.0. The average Bonchev–Trinajstić information content (AvgIpc) is 0.801. The largest absolute Gasteiger partial charge is 0.394 e. The van der Waals surface area contributed by atoms with Gasteiger partial charge in [0, 0.05) is 6.42 Å². The van der Waals surface area contributed by atoms with Crippen molar-refractivity contribution in [3.8, 4) is 0 Å². The van der Waals surface area contributed by atoms with E-state index >= 15 is 0 Å². The summed E-state index contributed by atoms with van der Waals surface area (Å²) in [6, 6.07) is -0.828. The van der Waals surface area contributed by atoms with Gasteiger partial charge in [0.15, 0.2) is 12.6 Å². The number of amides is 1. The number of hydrogen-bond donors (Lipinski definition) is 9. The standard InChI is InChI=1S/C81H157NO13/c1-3-5-7-9-11-13-15-17-19-21-23-25-27-29-31-33-34-35-37-38-40-42-44-46-48-50-52-54-56-58-60-62-64-70(85)69(68-92-80-78(91)76(89)79(72(67-84)94-80)95-81-77(90)75(88)74(87)71(66-83)93-81)82-73(86)65-63-61-59-57-55-53-51-49-47-45-43-41-39-36-32-30-28-26-24-22-20-18-16-14-12-10-8-6-4-2/h22,24,69-72,74-81,83-85,87-91H,3-21,23,25-68H2,1-2H3,(H,82,86)/b24-22-. The van der Waals surface area contributed by atoms with Gasteiger partial charge >= 0.3 is 0 Å². The first-order valence-corrected chi connectivity index (χ1v) is 41.4. The maximum atomic E-state index is 13.4. The number of unbranched alkanes of at least 4 members (excludes halogenated alkanes) is 56. The third-order valence-corrected chi connectivity index (χ3v) is 20.7. The summed E-state index contributed by atoms with van der Waals surface area (Å²) in [4.78, 5) is 13.4. The van der Waals surface area contributed by atoms with Crippen LogP contribution in [0.15, 0.2) is 12.2 Å². The summed E-state index contributed by atoms with van der Waals surface area (Å²) in [7, 11) is 0. The lowest BCUT2D eigenvalue weighted by Crippen LogP contribution is -2.65. The van der Waals surface area contributed by atoms with Gasteiger partial charge in [0.1, 0.15) is 48.8 Å². The van der Waals surface area contributed by atoms with Crippen molar-refractivity contribution >= 4 is 5.91 Å². The fourth-order valence-electron chi connectivity index (χ4n) is 14.2. The molecule has 12 atom stereocenters. The molecule has 0 aromatic rings. The van der Waals surface area contributed by atoms with E-state index in [-0.39, 0.29) is 12.5 Å². The van der Waals surface area contributed by atoms with Crippen LogP contribution in [0.2, 0.25) is 0 Å². The van der Waals surface area contributed by atoms with E-state index in [0.29, 0.717) is 12.8 Å². The predicted molar refractivity (Wildman–Crippen MR) is 392 cm³/mol. The molecule has 0 aliphatic carbocycles. The summed E-state index contributed by atoms with van der Waals surface area (Å²) < 4.78 is 23.0. The topological polar surface area (TPSA) is 228 Å². The molecule has 2 saturated heterocycles. The van der Waals surface area contributed by atoms with Crippen LogP contribution >= 0.6 is 0 Å². The molecule has 2 aliphatic heterocycles. The van der Waals surface area contributed by atoms with Gasteiger partial charge in [0.2, 0.25) is 5.91 Å². The molecule has 9 N–H and O–H groups in total. The van der Waals surface area contributed by atoms with Crippen molar-refractivity contribution in [2.24, 2.45) is 0 Å². The highest BCUT2D eigenvalue weighted by atomic mass is 16.7. The molecular weight excluding hydrogens is 1190 g/mol. The van der Waals surface area contributed by atoms with Crippen LogP contribution < -0.4 is 5.32 Å². The van der Waals surface area contributed by atoms with Gasteiger partial charge < -0.3 is 65.1 Å². The van der Waals surface area contributed by atoms with Crippen molar-refractivity contribution in [3.05, 3.63) is 12.2 Å². The Bertz CT molecular complexity index is 1640. The summed E-state index contributed by atoms with van der Waals surface area (Å²) >= 11 is 0. The zero-order chi connectivity index (χ0) is 68.7. The van der Waals surface area contributed by atoms with Gasteiger partial charge in [0.05, 0.1) is 32.0 Å². The quantitative estimate of drug-likeness (QED) is 0.0204. The first-order chi connectivity index (χ1) is 46.6. The van der Waals surface area contributed by atoms with Crippen molar-refractivity contribution in [2.75, 3.05) is 19.8 Å². The Morgan fingerprint density at radius 1 is 0.368 bits per heavy atom. The summed E-state index contributed by atoms with van der Waals surface area (Å²) in [6.45, 7) is 2.94. The number of carbonyl (C=O) groups excluding carboxylic acids is 1. The minimum absolute atomic E-state index is 0.197. The molecule has 14 nitrogen and oxygen atoms in total. The maximum absolute atomic E-state index is 13.4. The number of hydrogen-bond acceptors (Lipinski definition) is 13. The highest BCUT2D eigenvalue weighted by molar-refractivity contribution is 5.76. The number of rotatable bonds is 71. The molecule has 0 aromatic carbocycles. The van der Waals surface area contributed by atoms with Crippen LogP contribution in [0.25, 0.3) is 0 Å². The highest BCUT2D eigenvalue weighted by Gasteiger charge is 2.51. The lowest BCUT2D eigenvalue weighted by atomic mass is 9.97. The van der Waals surface area contributed by atoms with Crippen molar-refractivity contribution < 1.29 is 64.6 Å². The molecule has 95 heavy (non-hydrogen) atoms. The van der Waals surface area contributed by atoms with Crippen LogP contribution in [0.4, 0.5) is 0 Å². The molecule has 2 aliphatic rings. The van der Waals surface area contributed by atoms with Gasteiger partial charge in [-0.2, -0.15) is 0 Å². The highest BCUT2D eigenvalue weighted by Crippen LogP contribution is 2.31. The molecule has 2 fully saturated rings. The van der Waals surface area contributed by atoms with Gasteiger partial charge in [-0.1, -0.05) is 373 Å². The predicted octanol–water partition coefficient (Wildman–Crippen LogP) is 18.9. The van der Waals surface area contributed by atoms with E-state index in [4.69, 9.17) is 18.9 Å². The van der Waals surface area contributed by atoms with Crippen molar-refractivity contribution in [1.29, 1.82) is 0 Å². The minimum atomic E-state index is -1.78. The third kappa shape index (κ3) is 49.1. The SMILES string of the molecule is CCCCCCCCCC/C=C\CCCCCCCCCCCCCCCCCCCC(=O)NC(COC1OC(CO)C(OC2OC(CO)C(O)C(O)C2O)C(O)C1O)C(O)CCCCCCCCCCCCCCCCCCCCCCCCCCCCCCCCCC. The van der Waals surface area contributed by atoms with Gasteiger partial charge in [-0.25, -0.2) is 0 Å². The Kier molecular flexibility index (Phi) is 62.4. The van der Waals surface area contributed by atoms with E-state index in [1.54, 1.807) is 0 Å². The molecule has 564 valence electrons. The number of carbonyl (C=O) groups is 1. The smallest absolute Gasteiger partial charge is 0.220 e. The first-order valence-electron chi connectivity index (χ1n) is 41.4. The Morgan fingerprint density at radius 2 is 0.663 bits per heavy atom. The van der Waals surface area contributed by atoms with Crippen LogP contribution in [-0.2, 0) is 23.7 Å². The first kappa shape index (κ1) is 89.8. The molecule has 1 amide bonds. The molecule has 2 heterocycles. The van der Waals surface area contributed by atoms with Crippen molar-refractivity contribution in [2.45, 2.75) is 479 Å². The zero-order valence-corrected chi connectivity index (χ0v) is 62.0. The Hall–Kier alpha value is -1.27. The monoisotopic (exact) mass is 1350 g/mol. The van der Waals surface area contributed by atoms with Crippen LogP contribution in [0.3, 0.4) is 0 Å². The minimum Gasteiger partial charge on any atom is -0.394 e. The molecule has 14 heteroatoms. The molecule has 2 rings (SSSR count). The number of nitrogens with one attached hydrogen (secondary N) is 1. The number of allylic oxidation sites excluding steroid dienone is 2. The molecule has 0 spiro atoms. The van der Waals surface area contributed by atoms with Crippen molar-refractivity contribution in [3.63, 3.8) is 0 Å². The second-order valence-corrected chi connectivity index (χ2v) is 29.6. The molecular formula is C81H157NO13. The van der Waals surface area contributed by atoms with E-state index in [1.807, 2.05) is 0 Å². The van der Waals surface area contributed by atoms with E-state index in [1.165, 1.54) is 327 Å². The van der Waals surface area contributed by atoms with Crippen LogP contribution in [0.5, 0.6) is 0 Å². The normalized spacial score (nSPS) is 22.3. The maximum Gasteiger partial charge on any atom is 0.220 e. The van der Waals surface area contributed by atoms with E-state index in [2.05, 4.69) is 31.3 Å². The van der Waals surface area contributed by atoms with E-state index in [9.17, 15) is 45.6 Å². The summed E-state index contributed by atoms with van der Waals surface area (Å²) in [5.74, 6) is -0.197.